The van der Waals surface area contributed by atoms with Crippen LogP contribution in [0.15, 0.2) is 34.4 Å². The summed E-state index contributed by atoms with van der Waals surface area (Å²) in [7, 11) is 6.04. The fourth-order valence-electron chi connectivity index (χ4n) is 3.81. The van der Waals surface area contributed by atoms with Crippen molar-refractivity contribution in [2.75, 3.05) is 35.0 Å². The molecule has 1 aromatic carbocycles. The molecule has 0 amide bonds. The first-order valence-electron chi connectivity index (χ1n) is 9.53. The molecule has 9 heteroatoms. The zero-order chi connectivity index (χ0) is 22.7. The van der Waals surface area contributed by atoms with E-state index in [1.807, 2.05) is 0 Å². The van der Waals surface area contributed by atoms with Gasteiger partial charge in [0, 0.05) is 31.0 Å². The maximum Gasteiger partial charge on any atom is 0.258 e. The smallest absolute Gasteiger partial charge is 0.258 e. The van der Waals surface area contributed by atoms with Crippen LogP contribution in [0.1, 0.15) is 22.7 Å². The number of hydrogen-bond donors (Lipinski definition) is 1. The molecular weight excluding hydrogens is 402 g/mol. The number of ether oxygens (including phenoxy) is 5. The van der Waals surface area contributed by atoms with E-state index in [0.717, 1.165) is 0 Å². The average Bonchev–Trinajstić information content (AvgIpc) is 2.76. The van der Waals surface area contributed by atoms with Crippen LogP contribution in [0.5, 0.6) is 23.0 Å². The number of fused-ring (bicyclic) bond motifs is 1. The second-order valence-electron chi connectivity index (χ2n) is 6.86. The Morgan fingerprint density at radius 2 is 1.87 bits per heavy atom. The van der Waals surface area contributed by atoms with Crippen LogP contribution in [-0.4, -0.2) is 39.6 Å². The lowest BCUT2D eigenvalue weighted by Gasteiger charge is -2.28. The van der Waals surface area contributed by atoms with Gasteiger partial charge < -0.3 is 34.0 Å². The molecule has 2 heterocycles. The normalized spacial score (nSPS) is 15.0. The van der Waals surface area contributed by atoms with Gasteiger partial charge in [0.2, 0.25) is 11.6 Å². The fraction of sp³-hybridized carbons (Fsp3) is 0.364. The minimum Gasteiger partial charge on any atom is -0.493 e. The summed E-state index contributed by atoms with van der Waals surface area (Å²) in [4.78, 5) is 13.5. The number of aryl methyl sites for hydroxylation is 1. The van der Waals surface area contributed by atoms with E-state index in [4.69, 9.17) is 29.4 Å². The largest absolute Gasteiger partial charge is 0.493 e. The SMILES string of the molecule is COCCn1c(C)cc2c(c1=O)[C@H](c1ccc(OC)c(OC)c1OC)C(C#N)=C(N)O2. The van der Waals surface area contributed by atoms with Gasteiger partial charge in [0.1, 0.15) is 17.4 Å². The summed E-state index contributed by atoms with van der Waals surface area (Å²) < 4.78 is 28.9. The Morgan fingerprint density at radius 3 is 2.45 bits per heavy atom. The number of methoxy groups -OCH3 is 4. The minimum absolute atomic E-state index is 0.0646. The van der Waals surface area contributed by atoms with Gasteiger partial charge in [0.25, 0.3) is 5.56 Å². The number of nitrogens with zero attached hydrogens (tertiary/aromatic N) is 2. The molecule has 164 valence electrons. The number of rotatable bonds is 7. The van der Waals surface area contributed by atoms with Crippen LogP contribution in [-0.2, 0) is 11.3 Å². The first kappa shape index (κ1) is 22.1. The van der Waals surface area contributed by atoms with Gasteiger partial charge in [0.05, 0.1) is 39.4 Å². The van der Waals surface area contributed by atoms with Crippen LogP contribution >= 0.6 is 0 Å². The number of aromatic nitrogens is 1. The zero-order valence-corrected chi connectivity index (χ0v) is 18.1. The van der Waals surface area contributed by atoms with Gasteiger partial charge >= 0.3 is 0 Å². The van der Waals surface area contributed by atoms with E-state index < -0.39 is 5.92 Å². The monoisotopic (exact) mass is 427 g/mol. The Hall–Kier alpha value is -3.64. The molecule has 0 bridgehead atoms. The molecule has 1 atom stereocenters. The lowest BCUT2D eigenvalue weighted by molar-refractivity contribution is 0.185. The molecule has 3 rings (SSSR count). The maximum atomic E-state index is 13.5. The van der Waals surface area contributed by atoms with E-state index in [1.165, 1.54) is 21.3 Å². The van der Waals surface area contributed by atoms with Crippen molar-refractivity contribution in [2.45, 2.75) is 19.4 Å². The molecule has 1 aromatic heterocycles. The van der Waals surface area contributed by atoms with Gasteiger partial charge in [0.15, 0.2) is 11.5 Å². The average molecular weight is 427 g/mol. The first-order valence-corrected chi connectivity index (χ1v) is 9.53. The van der Waals surface area contributed by atoms with Crippen molar-refractivity contribution < 1.29 is 23.7 Å². The molecule has 31 heavy (non-hydrogen) atoms. The van der Waals surface area contributed by atoms with Crippen molar-refractivity contribution in [2.24, 2.45) is 5.73 Å². The number of pyridine rings is 1. The van der Waals surface area contributed by atoms with Crippen molar-refractivity contribution in [1.29, 1.82) is 5.26 Å². The summed E-state index contributed by atoms with van der Waals surface area (Å²) in [6, 6.07) is 7.24. The van der Waals surface area contributed by atoms with E-state index in [0.29, 0.717) is 47.4 Å². The molecule has 0 aliphatic carbocycles. The second kappa shape index (κ2) is 9.02. The van der Waals surface area contributed by atoms with Crippen molar-refractivity contribution in [3.05, 3.63) is 56.8 Å². The molecule has 2 N–H and O–H groups in total. The van der Waals surface area contributed by atoms with Gasteiger partial charge in [-0.3, -0.25) is 4.79 Å². The Balaban J connectivity index is 2.36. The van der Waals surface area contributed by atoms with Crippen molar-refractivity contribution in [3.63, 3.8) is 0 Å². The quantitative estimate of drug-likeness (QED) is 0.713. The molecule has 9 nitrogen and oxygen atoms in total. The van der Waals surface area contributed by atoms with Crippen molar-refractivity contribution >= 4 is 0 Å². The molecule has 0 radical (unpaired) electrons. The molecule has 0 fully saturated rings. The fourth-order valence-corrected chi connectivity index (χ4v) is 3.81. The Kier molecular flexibility index (Phi) is 6.42. The van der Waals surface area contributed by atoms with E-state index in [9.17, 15) is 10.1 Å². The highest BCUT2D eigenvalue weighted by Gasteiger charge is 2.37. The van der Waals surface area contributed by atoms with Crippen LogP contribution in [0.25, 0.3) is 0 Å². The first-order chi connectivity index (χ1) is 14.9. The summed E-state index contributed by atoms with van der Waals surface area (Å²) in [6.45, 7) is 2.51. The summed E-state index contributed by atoms with van der Waals surface area (Å²) in [5, 5.41) is 9.87. The van der Waals surface area contributed by atoms with Gasteiger partial charge in [-0.2, -0.15) is 5.26 Å². The van der Waals surface area contributed by atoms with Crippen LogP contribution < -0.4 is 30.2 Å². The van der Waals surface area contributed by atoms with Crippen molar-refractivity contribution in [1.82, 2.24) is 4.57 Å². The van der Waals surface area contributed by atoms with Crippen LogP contribution in [0, 0.1) is 18.3 Å². The number of nitrogens with two attached hydrogens (primary N) is 1. The predicted octanol–water partition coefficient (Wildman–Crippen LogP) is 2.05. The summed E-state index contributed by atoms with van der Waals surface area (Å²) in [6.07, 6.45) is 0. The number of hydrogen-bond acceptors (Lipinski definition) is 8. The highest BCUT2D eigenvalue weighted by molar-refractivity contribution is 5.64. The highest BCUT2D eigenvalue weighted by atomic mass is 16.5. The number of benzene rings is 1. The Morgan fingerprint density at radius 1 is 1.16 bits per heavy atom. The highest BCUT2D eigenvalue weighted by Crippen LogP contribution is 2.48. The third-order valence-corrected chi connectivity index (χ3v) is 5.25. The van der Waals surface area contributed by atoms with Crippen LogP contribution in [0.4, 0.5) is 0 Å². The molecule has 0 saturated carbocycles. The summed E-state index contributed by atoms with van der Waals surface area (Å²) in [5.41, 5.74) is 7.40. The third-order valence-electron chi connectivity index (χ3n) is 5.25. The topological polar surface area (TPSA) is 118 Å². The molecule has 0 unspecified atom stereocenters. The lowest BCUT2D eigenvalue weighted by atomic mass is 9.83. The van der Waals surface area contributed by atoms with E-state index in [1.54, 1.807) is 36.8 Å². The zero-order valence-electron chi connectivity index (χ0n) is 18.1. The van der Waals surface area contributed by atoms with E-state index in [-0.39, 0.29) is 22.6 Å². The molecular formula is C22H25N3O6. The molecule has 1 aliphatic rings. The van der Waals surface area contributed by atoms with Crippen molar-refractivity contribution in [3.8, 4) is 29.1 Å². The van der Waals surface area contributed by atoms with E-state index in [2.05, 4.69) is 6.07 Å². The van der Waals surface area contributed by atoms with Crippen LogP contribution in [0.3, 0.4) is 0 Å². The molecule has 1 aliphatic heterocycles. The van der Waals surface area contributed by atoms with Gasteiger partial charge in [-0.1, -0.05) is 6.07 Å². The predicted molar refractivity (Wildman–Crippen MR) is 113 cm³/mol. The van der Waals surface area contributed by atoms with E-state index >= 15 is 0 Å². The number of allylic oxidation sites excluding steroid dienone is 1. The minimum atomic E-state index is -0.814. The van der Waals surface area contributed by atoms with Crippen LogP contribution in [0.2, 0.25) is 0 Å². The third kappa shape index (κ3) is 3.66. The molecule has 0 spiro atoms. The standard InChI is InChI=1S/C22H25N3O6/c1-12-10-16-18(22(26)25(12)8-9-27-2)17(14(11-23)21(24)31-16)13-6-7-15(28-3)20(30-5)19(13)29-4/h6-7,10,17H,8-9,24H2,1-5H3/t17-/m1/s1. The summed E-state index contributed by atoms with van der Waals surface area (Å²) >= 11 is 0. The lowest BCUT2D eigenvalue weighted by Crippen LogP contribution is -2.33. The second-order valence-corrected chi connectivity index (χ2v) is 6.86. The maximum absolute atomic E-state index is 13.5. The number of nitriles is 1. The molecule has 2 aromatic rings. The Labute approximate surface area is 180 Å². The Bertz CT molecular complexity index is 1130. The van der Waals surface area contributed by atoms with Gasteiger partial charge in [-0.15, -0.1) is 0 Å². The van der Waals surface area contributed by atoms with Gasteiger partial charge in [-0.05, 0) is 13.0 Å². The van der Waals surface area contributed by atoms with Gasteiger partial charge in [-0.25, -0.2) is 0 Å². The summed E-state index contributed by atoms with van der Waals surface area (Å²) in [5.74, 6) is 0.555. The molecule has 0 saturated heterocycles.